The summed E-state index contributed by atoms with van der Waals surface area (Å²) in [5, 5.41) is 10.0. The maximum absolute atomic E-state index is 10.0. The van der Waals surface area contributed by atoms with E-state index >= 15 is 0 Å². The third-order valence-electron chi connectivity index (χ3n) is 3.62. The van der Waals surface area contributed by atoms with E-state index in [9.17, 15) is 5.11 Å². The lowest BCUT2D eigenvalue weighted by Crippen LogP contribution is -2.12. The highest BCUT2D eigenvalue weighted by molar-refractivity contribution is 5.09. The van der Waals surface area contributed by atoms with Gasteiger partial charge in [0.1, 0.15) is 0 Å². The van der Waals surface area contributed by atoms with Crippen LogP contribution in [-0.4, -0.2) is 11.2 Å². The Kier molecular flexibility index (Phi) is 5.70. The van der Waals surface area contributed by atoms with Crippen molar-refractivity contribution in [2.45, 2.75) is 59.0 Å². The molecule has 1 aliphatic rings. The fourth-order valence-corrected chi connectivity index (χ4v) is 2.39. The van der Waals surface area contributed by atoms with Crippen molar-refractivity contribution in [3.63, 3.8) is 0 Å². The molecule has 1 heteroatoms. The minimum Gasteiger partial charge on any atom is -0.389 e. The molecule has 96 valence electrons. The van der Waals surface area contributed by atoms with Gasteiger partial charge in [-0.1, -0.05) is 35.5 Å². The van der Waals surface area contributed by atoms with Gasteiger partial charge in [-0.05, 0) is 58.8 Å². The van der Waals surface area contributed by atoms with Crippen molar-refractivity contribution in [2.75, 3.05) is 0 Å². The topological polar surface area (TPSA) is 20.2 Å². The van der Waals surface area contributed by atoms with Crippen LogP contribution in [0.5, 0.6) is 0 Å². The third kappa shape index (κ3) is 5.36. The summed E-state index contributed by atoms with van der Waals surface area (Å²) in [6.45, 7) is 10.5. The van der Waals surface area contributed by atoms with Crippen molar-refractivity contribution >= 4 is 0 Å². The number of rotatable bonds is 1. The average molecular weight is 234 g/mol. The molecule has 2 atom stereocenters. The first-order valence-electron chi connectivity index (χ1n) is 6.65. The van der Waals surface area contributed by atoms with Crippen molar-refractivity contribution in [1.29, 1.82) is 0 Å². The quantitative estimate of drug-likeness (QED) is 0.667. The van der Waals surface area contributed by atoms with E-state index in [1.54, 1.807) is 0 Å². The second-order valence-electron chi connectivity index (χ2n) is 5.49. The molecule has 2 unspecified atom stereocenters. The van der Waals surface area contributed by atoms with Crippen molar-refractivity contribution in [3.05, 3.63) is 35.5 Å². The lowest BCUT2D eigenvalue weighted by molar-refractivity contribution is 0.191. The molecule has 0 fully saturated rings. The van der Waals surface area contributed by atoms with E-state index in [0.717, 1.165) is 32.1 Å². The number of aliphatic hydroxyl groups excluding tert-OH is 1. The van der Waals surface area contributed by atoms with Crippen LogP contribution in [0, 0.1) is 5.92 Å². The Morgan fingerprint density at radius 1 is 1.29 bits per heavy atom. The molecule has 0 aromatic rings. The van der Waals surface area contributed by atoms with Gasteiger partial charge in [0.25, 0.3) is 0 Å². The zero-order valence-corrected chi connectivity index (χ0v) is 11.5. The molecular weight excluding hydrogens is 208 g/mol. The molecule has 0 saturated carbocycles. The van der Waals surface area contributed by atoms with Crippen LogP contribution in [0.4, 0.5) is 0 Å². The molecule has 17 heavy (non-hydrogen) atoms. The summed E-state index contributed by atoms with van der Waals surface area (Å²) < 4.78 is 0. The molecule has 0 aliphatic heterocycles. The Morgan fingerprint density at radius 2 is 2.00 bits per heavy atom. The molecule has 0 amide bonds. The normalized spacial score (nSPS) is 33.9. The Bertz CT molecular complexity index is 322. The molecule has 1 nitrogen and oxygen atoms in total. The molecule has 0 bridgehead atoms. The molecule has 0 aromatic heterocycles. The molecule has 0 radical (unpaired) electrons. The summed E-state index contributed by atoms with van der Waals surface area (Å²) in [5.74, 6) is 0.440. The summed E-state index contributed by atoms with van der Waals surface area (Å²) >= 11 is 0. The van der Waals surface area contributed by atoms with E-state index in [1.165, 1.54) is 16.7 Å². The standard InChI is InChI=1S/C16H26O/c1-12(2)15-9-8-13(3)6-5-7-14(4)10-16(17)11-15/h6,10,15-17H,1,5,7-9,11H2,2-4H3/b13-6+,14-10+. The molecule has 0 spiro atoms. The van der Waals surface area contributed by atoms with Crippen LogP contribution in [0.1, 0.15) is 52.9 Å². The molecule has 1 N–H and O–H groups in total. The summed E-state index contributed by atoms with van der Waals surface area (Å²) in [6.07, 6.45) is 9.26. The van der Waals surface area contributed by atoms with Crippen LogP contribution in [0.25, 0.3) is 0 Å². The van der Waals surface area contributed by atoms with Crippen LogP contribution in [-0.2, 0) is 0 Å². The maximum Gasteiger partial charge on any atom is 0.0729 e. The monoisotopic (exact) mass is 234 g/mol. The van der Waals surface area contributed by atoms with Crippen LogP contribution >= 0.6 is 0 Å². The minimum atomic E-state index is -0.310. The first kappa shape index (κ1) is 14.2. The molecular formula is C16H26O. The molecule has 0 heterocycles. The van der Waals surface area contributed by atoms with E-state index in [1.807, 2.05) is 6.08 Å². The fourth-order valence-electron chi connectivity index (χ4n) is 2.39. The van der Waals surface area contributed by atoms with Gasteiger partial charge in [0.15, 0.2) is 0 Å². The average Bonchev–Trinajstić information content (AvgIpc) is 2.24. The lowest BCUT2D eigenvalue weighted by atomic mass is 9.89. The lowest BCUT2D eigenvalue weighted by Gasteiger charge is -2.19. The van der Waals surface area contributed by atoms with E-state index in [2.05, 4.69) is 33.4 Å². The number of hydrogen-bond donors (Lipinski definition) is 1. The highest BCUT2D eigenvalue weighted by Gasteiger charge is 2.14. The van der Waals surface area contributed by atoms with E-state index in [-0.39, 0.29) is 6.10 Å². The van der Waals surface area contributed by atoms with Crippen molar-refractivity contribution < 1.29 is 5.11 Å². The van der Waals surface area contributed by atoms with Gasteiger partial charge < -0.3 is 5.11 Å². The summed E-state index contributed by atoms with van der Waals surface area (Å²) in [5.41, 5.74) is 3.96. The summed E-state index contributed by atoms with van der Waals surface area (Å²) in [7, 11) is 0. The van der Waals surface area contributed by atoms with Crippen molar-refractivity contribution in [1.82, 2.24) is 0 Å². The Hall–Kier alpha value is -0.820. The van der Waals surface area contributed by atoms with E-state index < -0.39 is 0 Å². The van der Waals surface area contributed by atoms with Crippen molar-refractivity contribution in [2.24, 2.45) is 5.92 Å². The van der Waals surface area contributed by atoms with Gasteiger partial charge in [-0.25, -0.2) is 0 Å². The largest absolute Gasteiger partial charge is 0.389 e. The van der Waals surface area contributed by atoms with Gasteiger partial charge in [-0.15, -0.1) is 0 Å². The maximum atomic E-state index is 10.0. The highest BCUT2D eigenvalue weighted by atomic mass is 16.3. The molecule has 1 rings (SSSR count). The molecule has 0 aromatic carbocycles. The SMILES string of the molecule is C=C(C)C1CC/C(C)=C/CC/C(C)=C/C(O)C1. The van der Waals surface area contributed by atoms with Gasteiger partial charge in [0.2, 0.25) is 0 Å². The fraction of sp³-hybridized carbons (Fsp3) is 0.625. The van der Waals surface area contributed by atoms with Crippen LogP contribution in [0.2, 0.25) is 0 Å². The third-order valence-corrected chi connectivity index (χ3v) is 3.62. The first-order valence-corrected chi connectivity index (χ1v) is 6.65. The number of allylic oxidation sites excluding steroid dienone is 4. The van der Waals surface area contributed by atoms with Gasteiger partial charge in [-0.3, -0.25) is 0 Å². The number of aliphatic hydroxyl groups is 1. The van der Waals surface area contributed by atoms with E-state index in [4.69, 9.17) is 0 Å². The molecule has 1 aliphatic carbocycles. The van der Waals surface area contributed by atoms with Crippen LogP contribution < -0.4 is 0 Å². The van der Waals surface area contributed by atoms with Gasteiger partial charge in [0, 0.05) is 0 Å². The minimum absolute atomic E-state index is 0.310. The van der Waals surface area contributed by atoms with Gasteiger partial charge in [-0.2, -0.15) is 0 Å². The van der Waals surface area contributed by atoms with Gasteiger partial charge in [0.05, 0.1) is 6.10 Å². The van der Waals surface area contributed by atoms with Crippen LogP contribution in [0.15, 0.2) is 35.5 Å². The Labute approximate surface area is 106 Å². The Morgan fingerprint density at radius 3 is 2.65 bits per heavy atom. The second kappa shape index (κ2) is 6.80. The van der Waals surface area contributed by atoms with Gasteiger partial charge >= 0.3 is 0 Å². The zero-order chi connectivity index (χ0) is 12.8. The summed E-state index contributed by atoms with van der Waals surface area (Å²) in [4.78, 5) is 0. The predicted octanol–water partition coefficient (Wildman–Crippen LogP) is 4.40. The van der Waals surface area contributed by atoms with Crippen LogP contribution in [0.3, 0.4) is 0 Å². The summed E-state index contributed by atoms with van der Waals surface area (Å²) in [6, 6.07) is 0. The smallest absolute Gasteiger partial charge is 0.0729 e. The first-order chi connectivity index (χ1) is 7.99. The number of hydrogen-bond acceptors (Lipinski definition) is 1. The zero-order valence-electron chi connectivity index (χ0n) is 11.5. The highest BCUT2D eigenvalue weighted by Crippen LogP contribution is 2.25. The van der Waals surface area contributed by atoms with Crippen molar-refractivity contribution in [3.8, 4) is 0 Å². The second-order valence-corrected chi connectivity index (χ2v) is 5.49. The van der Waals surface area contributed by atoms with E-state index in [0.29, 0.717) is 5.92 Å². The molecule has 0 saturated heterocycles. The Balaban J connectivity index is 2.79. The predicted molar refractivity (Wildman–Crippen MR) is 74.9 cm³/mol.